The molecule has 40 heavy (non-hydrogen) atoms. The van der Waals surface area contributed by atoms with Crippen LogP contribution in [0, 0.1) is 11.8 Å². The average Bonchev–Trinajstić information content (AvgIpc) is 3.47. The van der Waals surface area contributed by atoms with Crippen LogP contribution in [0.3, 0.4) is 0 Å². The number of amides is 2. The first kappa shape index (κ1) is 25.4. The highest BCUT2D eigenvalue weighted by Crippen LogP contribution is 2.54. The number of ether oxygens (including phenoxy) is 3. The van der Waals surface area contributed by atoms with E-state index in [0.29, 0.717) is 11.5 Å². The maximum absolute atomic E-state index is 14.4. The highest BCUT2D eigenvalue weighted by atomic mass is 16.5. The molecular formula is C31H26N2O7. The van der Waals surface area contributed by atoms with Crippen LogP contribution in [-0.4, -0.2) is 55.8 Å². The fourth-order valence-corrected chi connectivity index (χ4v) is 6.21. The van der Waals surface area contributed by atoms with Crippen molar-refractivity contribution in [1.29, 1.82) is 0 Å². The van der Waals surface area contributed by atoms with Gasteiger partial charge in [0.05, 0.1) is 56.0 Å². The summed E-state index contributed by atoms with van der Waals surface area (Å²) in [5, 5.41) is 0. The second-order valence-corrected chi connectivity index (χ2v) is 9.78. The SMILES string of the molecule is COC(=O)c1ccccc1N1C(=O)[C@@H]2[C@H](C1=O)C1c3ccccc3C=CN1[C@@H]2C(=O)c1cc(OC)ccc1OC. The molecule has 2 saturated heterocycles. The monoisotopic (exact) mass is 538 g/mol. The van der Waals surface area contributed by atoms with Crippen molar-refractivity contribution >= 4 is 35.3 Å². The van der Waals surface area contributed by atoms with Crippen molar-refractivity contribution in [3.63, 3.8) is 0 Å². The minimum atomic E-state index is -1.01. The van der Waals surface area contributed by atoms with Crippen molar-refractivity contribution in [1.82, 2.24) is 4.90 Å². The number of esters is 1. The van der Waals surface area contributed by atoms with E-state index < -0.39 is 41.7 Å². The molecule has 3 aliphatic heterocycles. The molecule has 2 fully saturated rings. The van der Waals surface area contributed by atoms with Gasteiger partial charge in [0.15, 0.2) is 5.78 Å². The largest absolute Gasteiger partial charge is 0.497 e. The smallest absolute Gasteiger partial charge is 0.339 e. The van der Waals surface area contributed by atoms with Crippen LogP contribution < -0.4 is 14.4 Å². The van der Waals surface area contributed by atoms with Gasteiger partial charge in [-0.3, -0.25) is 14.4 Å². The minimum Gasteiger partial charge on any atom is -0.497 e. The molecule has 3 aromatic rings. The number of hydrogen-bond donors (Lipinski definition) is 0. The lowest BCUT2D eigenvalue weighted by molar-refractivity contribution is -0.123. The number of nitrogens with zero attached hydrogens (tertiary/aromatic N) is 2. The van der Waals surface area contributed by atoms with E-state index in [0.717, 1.165) is 16.0 Å². The van der Waals surface area contributed by atoms with Crippen LogP contribution in [0.15, 0.2) is 72.9 Å². The van der Waals surface area contributed by atoms with Crippen LogP contribution in [0.25, 0.3) is 6.08 Å². The van der Waals surface area contributed by atoms with E-state index in [-0.39, 0.29) is 22.6 Å². The molecule has 9 nitrogen and oxygen atoms in total. The van der Waals surface area contributed by atoms with Gasteiger partial charge >= 0.3 is 5.97 Å². The van der Waals surface area contributed by atoms with Crippen molar-refractivity contribution in [3.05, 3.63) is 95.2 Å². The Hall–Kier alpha value is -4.92. The van der Waals surface area contributed by atoms with Crippen molar-refractivity contribution in [2.75, 3.05) is 26.2 Å². The van der Waals surface area contributed by atoms with E-state index in [9.17, 15) is 19.2 Å². The Morgan fingerprint density at radius 1 is 0.800 bits per heavy atom. The molecule has 0 bridgehead atoms. The van der Waals surface area contributed by atoms with Crippen molar-refractivity contribution in [2.45, 2.75) is 12.1 Å². The van der Waals surface area contributed by atoms with Gasteiger partial charge < -0.3 is 19.1 Å². The van der Waals surface area contributed by atoms with Crippen LogP contribution >= 0.6 is 0 Å². The third-order valence-corrected chi connectivity index (χ3v) is 7.95. The zero-order valence-corrected chi connectivity index (χ0v) is 22.1. The van der Waals surface area contributed by atoms with Crippen molar-refractivity contribution in [3.8, 4) is 11.5 Å². The van der Waals surface area contributed by atoms with E-state index in [1.54, 1.807) is 36.5 Å². The van der Waals surface area contributed by atoms with E-state index in [4.69, 9.17) is 14.2 Å². The molecule has 3 aromatic carbocycles. The van der Waals surface area contributed by atoms with E-state index >= 15 is 0 Å². The quantitative estimate of drug-likeness (QED) is 0.265. The number of fused-ring (bicyclic) bond motifs is 5. The van der Waals surface area contributed by atoms with E-state index in [1.807, 2.05) is 35.2 Å². The van der Waals surface area contributed by atoms with Gasteiger partial charge in [0.2, 0.25) is 11.8 Å². The standard InChI is InChI=1S/C31H26N2O7/c1-38-18-12-13-23(39-2)21(16-18)28(34)27-25-24(26-19-9-5-4-8-17(19)14-15-32(26)27)29(35)33(30(25)36)22-11-7-6-10-20(22)31(37)40-3/h4-16,24-27H,1-3H3/t24-,25+,26?,27-/m0/s1. The molecular weight excluding hydrogens is 512 g/mol. The third-order valence-electron chi connectivity index (χ3n) is 7.95. The van der Waals surface area contributed by atoms with Gasteiger partial charge in [-0.1, -0.05) is 36.4 Å². The van der Waals surface area contributed by atoms with Crippen LogP contribution in [0.2, 0.25) is 0 Å². The van der Waals surface area contributed by atoms with Crippen LogP contribution in [0.4, 0.5) is 5.69 Å². The zero-order valence-electron chi connectivity index (χ0n) is 22.1. The lowest BCUT2D eigenvalue weighted by Crippen LogP contribution is -2.44. The number of methoxy groups -OCH3 is 3. The molecule has 1 unspecified atom stereocenters. The highest BCUT2D eigenvalue weighted by Gasteiger charge is 2.65. The first-order valence-corrected chi connectivity index (χ1v) is 12.8. The van der Waals surface area contributed by atoms with Crippen molar-refractivity contribution < 1.29 is 33.4 Å². The number of hydrogen-bond acceptors (Lipinski definition) is 8. The van der Waals surface area contributed by atoms with E-state index in [2.05, 4.69) is 0 Å². The summed E-state index contributed by atoms with van der Waals surface area (Å²) in [5.74, 6) is -3.16. The second kappa shape index (κ2) is 9.68. The Kier molecular flexibility index (Phi) is 6.14. The molecule has 202 valence electrons. The lowest BCUT2D eigenvalue weighted by atomic mass is 9.83. The predicted molar refractivity (Wildman–Crippen MR) is 145 cm³/mol. The summed E-state index contributed by atoms with van der Waals surface area (Å²) in [6.45, 7) is 0. The number of anilines is 1. The Morgan fingerprint density at radius 3 is 2.27 bits per heavy atom. The van der Waals surface area contributed by atoms with Gasteiger partial charge in [-0.05, 0) is 47.5 Å². The molecule has 0 spiro atoms. The summed E-state index contributed by atoms with van der Waals surface area (Å²) >= 11 is 0. The Morgan fingerprint density at radius 2 is 1.52 bits per heavy atom. The first-order chi connectivity index (χ1) is 19.4. The fraction of sp³-hybridized carbons (Fsp3) is 0.226. The molecule has 3 heterocycles. The van der Waals surface area contributed by atoms with Gasteiger partial charge in [0.1, 0.15) is 17.5 Å². The average molecular weight is 539 g/mol. The molecule has 2 amide bonds. The molecule has 9 heteroatoms. The molecule has 6 rings (SSSR count). The molecule has 4 atom stereocenters. The summed E-state index contributed by atoms with van der Waals surface area (Å²) in [5.41, 5.74) is 2.22. The number of carbonyl (C=O) groups is 4. The number of imide groups is 1. The summed E-state index contributed by atoms with van der Waals surface area (Å²) in [7, 11) is 4.20. The zero-order chi connectivity index (χ0) is 28.1. The molecule has 3 aliphatic rings. The summed E-state index contributed by atoms with van der Waals surface area (Å²) in [4.78, 5) is 58.2. The number of para-hydroxylation sites is 1. The summed E-state index contributed by atoms with van der Waals surface area (Å²) in [6.07, 6.45) is 3.67. The van der Waals surface area contributed by atoms with Gasteiger partial charge in [-0.15, -0.1) is 0 Å². The number of ketones is 1. The molecule has 0 radical (unpaired) electrons. The van der Waals surface area contributed by atoms with Crippen molar-refractivity contribution in [2.24, 2.45) is 11.8 Å². The van der Waals surface area contributed by atoms with Gasteiger partial charge in [-0.2, -0.15) is 0 Å². The predicted octanol–water partition coefficient (Wildman–Crippen LogP) is 3.89. The molecule has 0 N–H and O–H groups in total. The van der Waals surface area contributed by atoms with Gasteiger partial charge in [-0.25, -0.2) is 9.69 Å². The van der Waals surface area contributed by atoms with E-state index in [1.165, 1.54) is 33.5 Å². The maximum Gasteiger partial charge on any atom is 0.339 e. The topological polar surface area (TPSA) is 102 Å². The summed E-state index contributed by atoms with van der Waals surface area (Å²) in [6, 6.07) is 17.3. The lowest BCUT2D eigenvalue weighted by Gasteiger charge is -2.35. The third kappa shape index (κ3) is 3.61. The van der Waals surface area contributed by atoms with Crippen LogP contribution in [0.5, 0.6) is 11.5 Å². The number of Topliss-reactive ketones (excluding diaryl/α,β-unsaturated/α-hetero) is 1. The van der Waals surface area contributed by atoms with Gasteiger partial charge in [0.25, 0.3) is 0 Å². The van der Waals surface area contributed by atoms with Gasteiger partial charge in [0, 0.05) is 6.20 Å². The fourth-order valence-electron chi connectivity index (χ4n) is 6.21. The highest BCUT2D eigenvalue weighted by molar-refractivity contribution is 6.26. The first-order valence-electron chi connectivity index (χ1n) is 12.8. The molecule has 0 aromatic heterocycles. The molecule has 0 saturated carbocycles. The normalized spacial score (nSPS) is 22.5. The maximum atomic E-state index is 14.4. The summed E-state index contributed by atoms with van der Waals surface area (Å²) < 4.78 is 15.8. The Labute approximate surface area is 230 Å². The number of carbonyl (C=O) groups excluding carboxylic acids is 4. The van der Waals surface area contributed by atoms with Crippen LogP contribution in [0.1, 0.15) is 37.9 Å². The van der Waals surface area contributed by atoms with Crippen LogP contribution in [-0.2, 0) is 14.3 Å². The number of benzene rings is 3. The molecule has 0 aliphatic carbocycles. The number of rotatable bonds is 6. The Balaban J connectivity index is 1.52. The Bertz CT molecular complexity index is 1600. The second-order valence-electron chi connectivity index (χ2n) is 9.78. The minimum absolute atomic E-state index is 0.0878.